The first-order valence-corrected chi connectivity index (χ1v) is 4.93. The molecule has 1 atom stereocenters. The molecule has 0 fully saturated rings. The van der Waals surface area contributed by atoms with Gasteiger partial charge in [-0.05, 0) is 6.07 Å². The van der Waals surface area contributed by atoms with Crippen LogP contribution >= 0.6 is 0 Å². The lowest BCUT2D eigenvalue weighted by Crippen LogP contribution is -2.25. The van der Waals surface area contributed by atoms with Gasteiger partial charge < -0.3 is 5.11 Å². The Bertz CT molecular complexity index is 460. The molecule has 2 heteroatoms. The average molecular weight is 209 g/mol. The number of aromatic nitrogens is 1. The molecule has 16 heavy (non-hydrogen) atoms. The monoisotopic (exact) mass is 209 g/mol. The molecule has 1 heterocycles. The Morgan fingerprint density at radius 1 is 1.06 bits per heavy atom. The molecule has 0 spiro atoms. The fourth-order valence-corrected chi connectivity index (χ4v) is 1.59. The lowest BCUT2D eigenvalue weighted by atomic mass is 9.88. The zero-order chi connectivity index (χ0) is 11.4. The van der Waals surface area contributed by atoms with Gasteiger partial charge in [-0.2, -0.15) is 0 Å². The van der Waals surface area contributed by atoms with E-state index in [1.54, 1.807) is 36.7 Å². The number of benzene rings is 1. The van der Waals surface area contributed by atoms with Crippen LogP contribution in [0.25, 0.3) is 0 Å². The van der Waals surface area contributed by atoms with Gasteiger partial charge in [0.05, 0.1) is 0 Å². The Labute approximate surface area is 94.6 Å². The Kier molecular flexibility index (Phi) is 2.72. The van der Waals surface area contributed by atoms with Gasteiger partial charge in [0.25, 0.3) is 0 Å². The highest BCUT2D eigenvalue weighted by molar-refractivity contribution is 5.42. The molecule has 2 aromatic rings. The SMILES string of the molecule is C#C[C@](O)(c1ccccc1)c1cccnc1. The van der Waals surface area contributed by atoms with Crippen molar-refractivity contribution >= 4 is 0 Å². The van der Waals surface area contributed by atoms with Crippen molar-refractivity contribution in [1.82, 2.24) is 4.98 Å². The van der Waals surface area contributed by atoms with E-state index < -0.39 is 5.60 Å². The Balaban J connectivity index is 2.55. The van der Waals surface area contributed by atoms with Crippen LogP contribution in [0.2, 0.25) is 0 Å². The summed E-state index contributed by atoms with van der Waals surface area (Å²) < 4.78 is 0. The van der Waals surface area contributed by atoms with Crippen molar-refractivity contribution in [2.75, 3.05) is 0 Å². The molecule has 0 aliphatic heterocycles. The summed E-state index contributed by atoms with van der Waals surface area (Å²) in [5, 5.41) is 10.5. The van der Waals surface area contributed by atoms with E-state index >= 15 is 0 Å². The summed E-state index contributed by atoms with van der Waals surface area (Å²) in [4.78, 5) is 3.97. The molecule has 0 aliphatic carbocycles. The highest BCUT2D eigenvalue weighted by Crippen LogP contribution is 2.27. The number of terminal acetylenes is 1. The van der Waals surface area contributed by atoms with E-state index in [9.17, 15) is 5.11 Å². The minimum Gasteiger partial charge on any atom is -0.369 e. The Morgan fingerprint density at radius 2 is 1.75 bits per heavy atom. The van der Waals surface area contributed by atoms with Crippen molar-refractivity contribution < 1.29 is 5.11 Å². The predicted molar refractivity (Wildman–Crippen MR) is 62.5 cm³/mol. The first kappa shape index (κ1) is 10.4. The molecular weight excluding hydrogens is 198 g/mol. The first-order valence-electron chi connectivity index (χ1n) is 4.93. The van der Waals surface area contributed by atoms with Crippen LogP contribution in [-0.2, 0) is 5.60 Å². The smallest absolute Gasteiger partial charge is 0.178 e. The third-order valence-electron chi connectivity index (χ3n) is 2.48. The predicted octanol–water partition coefficient (Wildman–Crippen LogP) is 1.95. The van der Waals surface area contributed by atoms with Gasteiger partial charge in [0.15, 0.2) is 5.60 Å². The molecule has 0 saturated heterocycles. The van der Waals surface area contributed by atoms with Gasteiger partial charge in [-0.25, -0.2) is 0 Å². The second-order valence-electron chi connectivity index (χ2n) is 3.46. The van der Waals surface area contributed by atoms with Crippen LogP contribution in [0.5, 0.6) is 0 Å². The van der Waals surface area contributed by atoms with Gasteiger partial charge in [0.1, 0.15) is 0 Å². The first-order chi connectivity index (χ1) is 7.77. The van der Waals surface area contributed by atoms with E-state index in [0.29, 0.717) is 11.1 Å². The molecule has 0 aliphatic rings. The van der Waals surface area contributed by atoms with E-state index in [1.165, 1.54) is 0 Å². The van der Waals surface area contributed by atoms with E-state index in [1.807, 2.05) is 18.2 Å². The third kappa shape index (κ3) is 1.69. The molecule has 1 aromatic carbocycles. The van der Waals surface area contributed by atoms with E-state index in [2.05, 4.69) is 10.9 Å². The maximum absolute atomic E-state index is 10.5. The maximum atomic E-state index is 10.5. The minimum atomic E-state index is -1.41. The normalized spacial score (nSPS) is 13.8. The number of aliphatic hydroxyl groups is 1. The molecular formula is C14H11NO. The van der Waals surface area contributed by atoms with Crippen LogP contribution in [0.3, 0.4) is 0 Å². The molecule has 2 nitrogen and oxygen atoms in total. The topological polar surface area (TPSA) is 33.1 Å². The molecule has 0 radical (unpaired) electrons. The van der Waals surface area contributed by atoms with Gasteiger partial charge in [-0.15, -0.1) is 6.42 Å². The fraction of sp³-hybridized carbons (Fsp3) is 0.0714. The zero-order valence-corrected chi connectivity index (χ0v) is 8.67. The number of pyridine rings is 1. The molecule has 2 rings (SSSR count). The molecule has 1 aromatic heterocycles. The fourth-order valence-electron chi connectivity index (χ4n) is 1.59. The molecule has 1 N–H and O–H groups in total. The van der Waals surface area contributed by atoms with Crippen molar-refractivity contribution in [3.63, 3.8) is 0 Å². The van der Waals surface area contributed by atoms with Crippen molar-refractivity contribution in [2.24, 2.45) is 0 Å². The summed E-state index contributed by atoms with van der Waals surface area (Å²) in [5.41, 5.74) is -0.135. The largest absolute Gasteiger partial charge is 0.369 e. The van der Waals surface area contributed by atoms with Gasteiger partial charge in [-0.1, -0.05) is 42.3 Å². The molecule has 0 unspecified atom stereocenters. The molecule has 0 amide bonds. The molecule has 0 bridgehead atoms. The second-order valence-corrected chi connectivity index (χ2v) is 3.46. The van der Waals surface area contributed by atoms with Gasteiger partial charge in [0.2, 0.25) is 0 Å². The van der Waals surface area contributed by atoms with Gasteiger partial charge in [0, 0.05) is 23.5 Å². The van der Waals surface area contributed by atoms with Gasteiger partial charge in [-0.3, -0.25) is 4.98 Å². The van der Waals surface area contributed by atoms with Crippen molar-refractivity contribution in [3.05, 3.63) is 66.0 Å². The summed E-state index contributed by atoms with van der Waals surface area (Å²) in [6, 6.07) is 12.7. The Morgan fingerprint density at radius 3 is 2.31 bits per heavy atom. The van der Waals surface area contributed by atoms with Crippen molar-refractivity contribution in [3.8, 4) is 12.3 Å². The summed E-state index contributed by atoms with van der Waals surface area (Å²) >= 11 is 0. The zero-order valence-electron chi connectivity index (χ0n) is 8.67. The number of rotatable bonds is 2. The van der Waals surface area contributed by atoms with Crippen LogP contribution < -0.4 is 0 Å². The van der Waals surface area contributed by atoms with E-state index in [4.69, 9.17) is 6.42 Å². The van der Waals surface area contributed by atoms with Crippen LogP contribution in [-0.4, -0.2) is 10.1 Å². The van der Waals surface area contributed by atoms with E-state index in [0.717, 1.165) is 0 Å². The lowest BCUT2D eigenvalue weighted by molar-refractivity contribution is 0.145. The molecule has 0 saturated carbocycles. The van der Waals surface area contributed by atoms with Crippen molar-refractivity contribution in [1.29, 1.82) is 0 Å². The number of hydrogen-bond donors (Lipinski definition) is 1. The summed E-state index contributed by atoms with van der Waals surface area (Å²) in [6.45, 7) is 0. The second kappa shape index (κ2) is 4.18. The number of nitrogens with zero attached hydrogens (tertiary/aromatic N) is 1. The summed E-state index contributed by atoms with van der Waals surface area (Å²) in [6.07, 6.45) is 8.66. The van der Waals surface area contributed by atoms with Crippen LogP contribution in [0.1, 0.15) is 11.1 Å². The third-order valence-corrected chi connectivity index (χ3v) is 2.48. The summed E-state index contributed by atoms with van der Waals surface area (Å²) in [5.74, 6) is 2.43. The number of hydrogen-bond acceptors (Lipinski definition) is 2. The van der Waals surface area contributed by atoms with Crippen LogP contribution in [0.4, 0.5) is 0 Å². The minimum absolute atomic E-state index is 0.601. The summed E-state index contributed by atoms with van der Waals surface area (Å²) in [7, 11) is 0. The van der Waals surface area contributed by atoms with Crippen LogP contribution in [0.15, 0.2) is 54.9 Å². The van der Waals surface area contributed by atoms with E-state index in [-0.39, 0.29) is 0 Å². The standard InChI is InChI=1S/C14H11NO/c1-2-14(16,12-7-4-3-5-8-12)13-9-6-10-15-11-13/h1,3-11,16H/t14-/m0/s1. The van der Waals surface area contributed by atoms with Gasteiger partial charge >= 0.3 is 0 Å². The highest BCUT2D eigenvalue weighted by Gasteiger charge is 2.28. The van der Waals surface area contributed by atoms with Crippen LogP contribution in [0, 0.1) is 12.3 Å². The quantitative estimate of drug-likeness (QED) is 0.767. The van der Waals surface area contributed by atoms with Crippen molar-refractivity contribution in [2.45, 2.75) is 5.60 Å². The Hall–Kier alpha value is -2.11. The molecule has 78 valence electrons. The maximum Gasteiger partial charge on any atom is 0.178 e. The highest BCUT2D eigenvalue weighted by atomic mass is 16.3. The average Bonchev–Trinajstić information content (AvgIpc) is 2.40. The lowest BCUT2D eigenvalue weighted by Gasteiger charge is -2.22.